The number of hydrazone groups is 1. The van der Waals surface area contributed by atoms with E-state index in [1.165, 1.54) is 30.5 Å². The van der Waals surface area contributed by atoms with Crippen LogP contribution < -0.4 is 9.57 Å². The van der Waals surface area contributed by atoms with Crippen molar-refractivity contribution in [2.24, 2.45) is 5.10 Å². The van der Waals surface area contributed by atoms with Crippen LogP contribution in [0.5, 0.6) is 5.75 Å². The predicted molar refractivity (Wildman–Crippen MR) is 107 cm³/mol. The lowest BCUT2D eigenvalue weighted by Gasteiger charge is -2.09. The fraction of sp³-hybridized carbons (Fsp3) is 0.0500. The topological polar surface area (TPSA) is 67.8 Å². The van der Waals surface area contributed by atoms with Crippen LogP contribution in [0.2, 0.25) is 5.02 Å². The van der Waals surface area contributed by atoms with E-state index < -0.39 is 10.0 Å². The fourth-order valence-electron chi connectivity index (χ4n) is 2.29. The Labute approximate surface area is 163 Å². The molecule has 0 atom stereocenters. The molecule has 1 N–H and O–H groups in total. The van der Waals surface area contributed by atoms with Gasteiger partial charge in [0.2, 0.25) is 0 Å². The van der Waals surface area contributed by atoms with Gasteiger partial charge in [-0.15, -0.1) is 0 Å². The fourth-order valence-corrected chi connectivity index (χ4v) is 3.20. The molecule has 3 rings (SSSR count). The smallest absolute Gasteiger partial charge is 0.276 e. The van der Waals surface area contributed by atoms with Crippen LogP contribution in [0.3, 0.4) is 0 Å². The van der Waals surface area contributed by atoms with Gasteiger partial charge in [-0.05, 0) is 42.0 Å². The van der Waals surface area contributed by atoms with Crippen LogP contribution in [-0.2, 0) is 16.6 Å². The number of hydrogen-bond acceptors (Lipinski definition) is 4. The van der Waals surface area contributed by atoms with E-state index in [9.17, 15) is 8.42 Å². The number of halogens is 1. The van der Waals surface area contributed by atoms with E-state index in [0.717, 1.165) is 5.56 Å². The molecule has 27 heavy (non-hydrogen) atoms. The van der Waals surface area contributed by atoms with Crippen molar-refractivity contribution in [3.63, 3.8) is 0 Å². The van der Waals surface area contributed by atoms with Crippen molar-refractivity contribution >= 4 is 27.8 Å². The molecule has 7 heteroatoms. The Hall–Kier alpha value is -2.83. The highest BCUT2D eigenvalue weighted by molar-refractivity contribution is 7.89. The first-order chi connectivity index (χ1) is 13.0. The average Bonchev–Trinajstić information content (AvgIpc) is 2.68. The molecule has 0 radical (unpaired) electrons. The summed E-state index contributed by atoms with van der Waals surface area (Å²) in [7, 11) is -3.76. The number of nitrogens with zero attached hydrogens (tertiary/aromatic N) is 1. The first-order valence-electron chi connectivity index (χ1n) is 8.11. The van der Waals surface area contributed by atoms with Crippen molar-refractivity contribution in [2.45, 2.75) is 11.5 Å². The second kappa shape index (κ2) is 8.70. The molecule has 0 heterocycles. The quantitative estimate of drug-likeness (QED) is 0.476. The van der Waals surface area contributed by atoms with Gasteiger partial charge in [0.05, 0.1) is 11.1 Å². The molecule has 0 unspecified atom stereocenters. The van der Waals surface area contributed by atoms with E-state index in [4.69, 9.17) is 16.3 Å². The molecule has 0 fully saturated rings. The second-order valence-corrected chi connectivity index (χ2v) is 7.72. The minimum Gasteiger partial charge on any atom is -0.488 e. The number of sulfonamides is 1. The molecule has 0 aliphatic rings. The Kier molecular flexibility index (Phi) is 6.11. The summed E-state index contributed by atoms with van der Waals surface area (Å²) in [5.41, 5.74) is 1.69. The summed E-state index contributed by atoms with van der Waals surface area (Å²) in [6.45, 7) is 0.405. The highest BCUT2D eigenvalue weighted by atomic mass is 35.5. The molecule has 0 aliphatic carbocycles. The average molecular weight is 401 g/mol. The lowest BCUT2D eigenvalue weighted by molar-refractivity contribution is 0.306. The molecule has 3 aromatic rings. The van der Waals surface area contributed by atoms with Crippen molar-refractivity contribution in [3.8, 4) is 5.75 Å². The third kappa shape index (κ3) is 5.32. The van der Waals surface area contributed by atoms with Crippen LogP contribution in [0, 0.1) is 0 Å². The SMILES string of the molecule is O=S(=O)(NN=Cc1ccccc1OCc1ccccc1)c1ccc(Cl)cc1. The Balaban J connectivity index is 1.69. The minimum absolute atomic E-state index is 0.0812. The number of ether oxygens (including phenoxy) is 1. The number of benzene rings is 3. The number of nitrogens with one attached hydrogen (secondary N) is 1. The maximum absolute atomic E-state index is 12.2. The molecule has 0 spiro atoms. The van der Waals surface area contributed by atoms with Gasteiger partial charge in [-0.1, -0.05) is 54.1 Å². The van der Waals surface area contributed by atoms with Gasteiger partial charge in [0.25, 0.3) is 10.0 Å². The van der Waals surface area contributed by atoms with Gasteiger partial charge in [-0.3, -0.25) is 0 Å². The van der Waals surface area contributed by atoms with Gasteiger partial charge in [0.15, 0.2) is 0 Å². The standard InChI is InChI=1S/C20H17ClN2O3S/c21-18-10-12-19(13-11-18)27(24,25)23-22-14-17-8-4-5-9-20(17)26-15-16-6-2-1-3-7-16/h1-14,23H,15H2. The highest BCUT2D eigenvalue weighted by Crippen LogP contribution is 2.18. The zero-order chi connectivity index (χ0) is 19.1. The van der Waals surface area contributed by atoms with E-state index in [-0.39, 0.29) is 4.90 Å². The summed E-state index contributed by atoms with van der Waals surface area (Å²) in [6, 6.07) is 22.9. The zero-order valence-corrected chi connectivity index (χ0v) is 15.8. The van der Waals surface area contributed by atoms with Crippen molar-refractivity contribution < 1.29 is 13.2 Å². The van der Waals surface area contributed by atoms with E-state index in [0.29, 0.717) is 22.9 Å². The summed E-state index contributed by atoms with van der Waals surface area (Å²) >= 11 is 5.78. The van der Waals surface area contributed by atoms with Crippen LogP contribution in [0.4, 0.5) is 0 Å². The summed E-state index contributed by atoms with van der Waals surface area (Å²) < 4.78 is 30.3. The monoisotopic (exact) mass is 400 g/mol. The molecular weight excluding hydrogens is 384 g/mol. The highest BCUT2D eigenvalue weighted by Gasteiger charge is 2.12. The van der Waals surface area contributed by atoms with Crippen molar-refractivity contribution in [1.82, 2.24) is 4.83 Å². The molecule has 0 aromatic heterocycles. The Morgan fingerprint density at radius 1 is 0.926 bits per heavy atom. The van der Waals surface area contributed by atoms with Crippen LogP contribution in [0.15, 0.2) is 88.9 Å². The molecule has 0 amide bonds. The first kappa shape index (κ1) is 18.9. The van der Waals surface area contributed by atoms with Gasteiger partial charge in [-0.2, -0.15) is 13.5 Å². The molecule has 5 nitrogen and oxygen atoms in total. The van der Waals surface area contributed by atoms with Gasteiger partial charge in [-0.25, -0.2) is 4.83 Å². The molecule has 0 saturated carbocycles. The molecule has 0 aliphatic heterocycles. The third-order valence-corrected chi connectivity index (χ3v) is 5.15. The van der Waals surface area contributed by atoms with Crippen molar-refractivity contribution in [2.75, 3.05) is 0 Å². The first-order valence-corrected chi connectivity index (χ1v) is 9.97. The van der Waals surface area contributed by atoms with Gasteiger partial charge in [0, 0.05) is 10.6 Å². The second-order valence-electron chi connectivity index (χ2n) is 5.62. The summed E-state index contributed by atoms with van der Waals surface area (Å²) in [6.07, 6.45) is 1.41. The summed E-state index contributed by atoms with van der Waals surface area (Å²) in [5.74, 6) is 0.607. The molecular formula is C20H17ClN2O3S. The Bertz CT molecular complexity index is 1020. The molecule has 138 valence electrons. The van der Waals surface area contributed by atoms with Crippen LogP contribution in [0.25, 0.3) is 0 Å². The van der Waals surface area contributed by atoms with E-state index in [1.54, 1.807) is 12.1 Å². The summed E-state index contributed by atoms with van der Waals surface area (Å²) in [4.78, 5) is 2.27. The number of hydrogen-bond donors (Lipinski definition) is 1. The maximum Gasteiger partial charge on any atom is 0.276 e. The maximum atomic E-state index is 12.2. The third-order valence-electron chi connectivity index (χ3n) is 3.66. The van der Waals surface area contributed by atoms with Crippen molar-refractivity contribution in [3.05, 3.63) is 95.0 Å². The lowest BCUT2D eigenvalue weighted by Crippen LogP contribution is -2.18. The lowest BCUT2D eigenvalue weighted by atomic mass is 10.2. The predicted octanol–water partition coefficient (Wildman–Crippen LogP) is 4.23. The van der Waals surface area contributed by atoms with E-state index >= 15 is 0 Å². The number of para-hydroxylation sites is 1. The van der Waals surface area contributed by atoms with Crippen molar-refractivity contribution in [1.29, 1.82) is 0 Å². The van der Waals surface area contributed by atoms with Gasteiger partial charge < -0.3 is 4.74 Å². The summed E-state index contributed by atoms with van der Waals surface area (Å²) in [5, 5.41) is 4.31. The van der Waals surface area contributed by atoms with E-state index in [1.807, 2.05) is 42.5 Å². The largest absolute Gasteiger partial charge is 0.488 e. The van der Waals surface area contributed by atoms with Crippen LogP contribution in [0.1, 0.15) is 11.1 Å². The molecule has 3 aromatic carbocycles. The van der Waals surface area contributed by atoms with Crippen LogP contribution in [-0.4, -0.2) is 14.6 Å². The normalized spacial score (nSPS) is 11.4. The minimum atomic E-state index is -3.76. The number of rotatable bonds is 7. The zero-order valence-electron chi connectivity index (χ0n) is 14.2. The molecule has 0 bridgehead atoms. The van der Waals surface area contributed by atoms with Crippen LogP contribution >= 0.6 is 11.6 Å². The molecule has 0 saturated heterocycles. The van der Waals surface area contributed by atoms with Gasteiger partial charge in [0.1, 0.15) is 12.4 Å². The Morgan fingerprint density at radius 2 is 1.59 bits per heavy atom. The van der Waals surface area contributed by atoms with E-state index in [2.05, 4.69) is 9.93 Å². The van der Waals surface area contributed by atoms with Gasteiger partial charge >= 0.3 is 0 Å². The Morgan fingerprint density at radius 3 is 2.33 bits per heavy atom.